The van der Waals surface area contributed by atoms with Gasteiger partial charge in [0, 0.05) is 31.0 Å². The van der Waals surface area contributed by atoms with Crippen molar-refractivity contribution in [1.29, 1.82) is 5.26 Å². The highest BCUT2D eigenvalue weighted by Gasteiger charge is 2.30. The molecule has 0 saturated carbocycles. The van der Waals surface area contributed by atoms with Gasteiger partial charge in [-0.1, -0.05) is 11.3 Å². The zero-order valence-electron chi connectivity index (χ0n) is 20.0. The van der Waals surface area contributed by atoms with Gasteiger partial charge in [-0.15, -0.1) is 10.2 Å². The second-order valence-corrected chi connectivity index (χ2v) is 9.90. The lowest BCUT2D eigenvalue weighted by molar-refractivity contribution is 0.0787. The van der Waals surface area contributed by atoms with E-state index in [4.69, 9.17) is 10.4 Å². The van der Waals surface area contributed by atoms with E-state index in [1.807, 2.05) is 32.0 Å². The number of aromatic nitrogens is 5. The number of carbonyl (C=O) groups excluding carboxylic acids is 1. The Morgan fingerprint density at radius 2 is 2.08 bits per heavy atom. The summed E-state index contributed by atoms with van der Waals surface area (Å²) in [6.07, 6.45) is 2.66. The first kappa shape index (κ1) is 24.1. The molecule has 3 N–H and O–H groups in total. The molecule has 1 saturated heterocycles. The highest BCUT2D eigenvalue weighted by Crippen LogP contribution is 2.34. The maximum absolute atomic E-state index is 13.0. The topological polar surface area (TPSA) is 161 Å². The van der Waals surface area contributed by atoms with E-state index in [9.17, 15) is 9.59 Å². The highest BCUT2D eigenvalue weighted by atomic mass is 32.1. The zero-order chi connectivity index (χ0) is 26.1. The molecule has 0 aromatic carbocycles. The van der Waals surface area contributed by atoms with Gasteiger partial charge in [0.2, 0.25) is 5.01 Å². The second-order valence-electron chi connectivity index (χ2n) is 8.92. The van der Waals surface area contributed by atoms with E-state index >= 15 is 0 Å². The largest absolute Gasteiger partial charge is 0.465 e. The van der Waals surface area contributed by atoms with Crippen LogP contribution < -0.4 is 10.6 Å². The number of carbonyl (C=O) groups is 2. The zero-order valence-corrected chi connectivity index (χ0v) is 20.9. The first-order valence-corrected chi connectivity index (χ1v) is 12.4. The van der Waals surface area contributed by atoms with E-state index in [-0.39, 0.29) is 23.0 Å². The number of carboxylic acid groups (broad SMARTS) is 1. The van der Waals surface area contributed by atoms with E-state index in [1.165, 1.54) is 17.5 Å². The lowest BCUT2D eigenvalue weighted by Gasteiger charge is -2.15. The average molecular weight is 518 g/mol. The number of fused-ring (bicyclic) bond motifs is 1. The molecule has 1 unspecified atom stereocenters. The Hall–Kier alpha value is -4.57. The van der Waals surface area contributed by atoms with Crippen molar-refractivity contribution in [3.63, 3.8) is 0 Å². The van der Waals surface area contributed by atoms with Gasteiger partial charge in [-0.3, -0.25) is 9.78 Å². The van der Waals surface area contributed by atoms with Gasteiger partial charge in [0.25, 0.3) is 5.91 Å². The summed E-state index contributed by atoms with van der Waals surface area (Å²) in [4.78, 5) is 30.1. The molecule has 0 bridgehead atoms. The third-order valence-electron chi connectivity index (χ3n) is 5.88. The molecule has 1 atom stereocenters. The molecule has 0 spiro atoms. The molecule has 13 heteroatoms. The van der Waals surface area contributed by atoms with Gasteiger partial charge in [-0.25, -0.2) is 9.31 Å². The number of likely N-dealkylation sites (tertiary alicyclic amines) is 1. The third-order valence-corrected chi connectivity index (χ3v) is 6.83. The summed E-state index contributed by atoms with van der Waals surface area (Å²) in [5.74, 6) is -0.274. The molecular weight excluding hydrogens is 494 g/mol. The number of nitriles is 1. The minimum Gasteiger partial charge on any atom is -0.465 e. The number of nitrogens with zero attached hydrogens (tertiary/aromatic N) is 7. The molecule has 4 aromatic heterocycles. The first-order chi connectivity index (χ1) is 17.8. The molecule has 1 aliphatic heterocycles. The minimum absolute atomic E-state index is 0.117. The summed E-state index contributed by atoms with van der Waals surface area (Å²) in [7, 11) is 0. The number of rotatable bonds is 6. The molecule has 12 nitrogen and oxygen atoms in total. The maximum Gasteiger partial charge on any atom is 0.404 e. The van der Waals surface area contributed by atoms with Crippen LogP contribution in [0.5, 0.6) is 0 Å². The number of nitrogens with one attached hydrogen (secondary N) is 2. The van der Waals surface area contributed by atoms with E-state index in [0.29, 0.717) is 41.3 Å². The van der Waals surface area contributed by atoms with E-state index in [2.05, 4.69) is 37.0 Å². The van der Waals surface area contributed by atoms with Crippen LogP contribution >= 0.6 is 11.3 Å². The molecule has 4 aromatic rings. The van der Waals surface area contributed by atoms with Crippen molar-refractivity contribution in [1.82, 2.24) is 35.0 Å². The first-order valence-electron chi connectivity index (χ1n) is 11.6. The molecule has 1 fully saturated rings. The lowest BCUT2D eigenvalue weighted by Crippen LogP contribution is -2.37. The van der Waals surface area contributed by atoms with Crippen molar-refractivity contribution in [2.75, 3.05) is 18.4 Å². The summed E-state index contributed by atoms with van der Waals surface area (Å²) in [5, 5.41) is 37.4. The molecule has 37 heavy (non-hydrogen) atoms. The van der Waals surface area contributed by atoms with Gasteiger partial charge in [0.15, 0.2) is 5.01 Å². The fourth-order valence-electron chi connectivity index (χ4n) is 4.24. The third kappa shape index (κ3) is 4.91. The fraction of sp³-hybridized carbons (Fsp3) is 0.292. The molecule has 0 radical (unpaired) electrons. The van der Waals surface area contributed by atoms with Gasteiger partial charge in [0.1, 0.15) is 6.07 Å². The normalized spacial score (nSPS) is 15.2. The lowest BCUT2D eigenvalue weighted by atomic mass is 10.1. The van der Waals surface area contributed by atoms with Crippen molar-refractivity contribution >= 4 is 34.5 Å². The monoisotopic (exact) mass is 517 g/mol. The van der Waals surface area contributed by atoms with Crippen molar-refractivity contribution in [3.05, 3.63) is 47.2 Å². The van der Waals surface area contributed by atoms with Gasteiger partial charge >= 0.3 is 6.09 Å². The fourth-order valence-corrected chi connectivity index (χ4v) is 5.08. The number of pyridine rings is 1. The van der Waals surface area contributed by atoms with Crippen LogP contribution in [0.2, 0.25) is 0 Å². The van der Waals surface area contributed by atoms with Gasteiger partial charge in [-0.05, 0) is 44.5 Å². The summed E-state index contributed by atoms with van der Waals surface area (Å²) in [6.45, 7) is 4.78. The van der Waals surface area contributed by atoms with Crippen molar-refractivity contribution < 1.29 is 14.7 Å². The number of anilines is 1. The predicted molar refractivity (Wildman–Crippen MR) is 136 cm³/mol. The molecular formula is C24H23N9O3S. The predicted octanol–water partition coefficient (Wildman–Crippen LogP) is 3.09. The Morgan fingerprint density at radius 3 is 2.84 bits per heavy atom. The standard InChI is InChI=1S/C24H23N9O3S/c1-13(2)28-18-8-19(20-4-3-16-7-14(9-25)10-27-33(16)20)26-11-17(18)21-30-31-22(37-21)23(34)32-6-5-15(12-32)29-24(35)36/h3-4,7-8,10-11,13,15,29H,5-6,12H2,1-2H3,(H,26,28)(H,35,36). The van der Waals surface area contributed by atoms with Crippen LogP contribution in [0.3, 0.4) is 0 Å². The Labute approximate surface area is 215 Å². The summed E-state index contributed by atoms with van der Waals surface area (Å²) in [6, 6.07) is 9.37. The van der Waals surface area contributed by atoms with Crippen molar-refractivity contribution in [2.24, 2.45) is 0 Å². The summed E-state index contributed by atoms with van der Waals surface area (Å²) >= 11 is 1.17. The Balaban J connectivity index is 1.44. The van der Waals surface area contributed by atoms with Crippen LogP contribution in [-0.2, 0) is 0 Å². The van der Waals surface area contributed by atoms with Crippen LogP contribution in [0.25, 0.3) is 27.5 Å². The van der Waals surface area contributed by atoms with Crippen molar-refractivity contribution in [3.8, 4) is 28.0 Å². The molecule has 188 valence electrons. The van der Waals surface area contributed by atoms with Gasteiger partial charge in [0.05, 0.1) is 40.3 Å². The molecule has 5 rings (SSSR count). The van der Waals surface area contributed by atoms with Gasteiger partial charge < -0.3 is 20.6 Å². The Bertz CT molecular complexity index is 1540. The molecule has 0 aliphatic carbocycles. The average Bonchev–Trinajstić information content (AvgIpc) is 3.62. The van der Waals surface area contributed by atoms with Crippen LogP contribution in [-0.4, -0.2) is 72.0 Å². The van der Waals surface area contributed by atoms with E-state index < -0.39 is 6.09 Å². The summed E-state index contributed by atoms with van der Waals surface area (Å²) in [5.41, 5.74) is 4.20. The maximum atomic E-state index is 13.0. The van der Waals surface area contributed by atoms with Crippen LogP contribution in [0.1, 0.15) is 35.6 Å². The number of amides is 2. The van der Waals surface area contributed by atoms with E-state index in [1.54, 1.807) is 21.7 Å². The number of hydrogen-bond acceptors (Lipinski definition) is 9. The smallest absolute Gasteiger partial charge is 0.404 e. The van der Waals surface area contributed by atoms with Crippen molar-refractivity contribution in [2.45, 2.75) is 32.4 Å². The SMILES string of the molecule is CC(C)Nc1cc(-c2ccc3cc(C#N)cnn23)ncc1-c1nnc(C(=O)N2CCC(NC(=O)O)C2)s1. The van der Waals surface area contributed by atoms with Gasteiger partial charge in [-0.2, -0.15) is 10.4 Å². The highest BCUT2D eigenvalue weighted by molar-refractivity contribution is 7.16. The minimum atomic E-state index is -1.10. The molecule has 1 aliphatic rings. The number of hydrogen-bond donors (Lipinski definition) is 3. The molecule has 5 heterocycles. The summed E-state index contributed by atoms with van der Waals surface area (Å²) < 4.78 is 1.73. The van der Waals surface area contributed by atoms with Crippen LogP contribution in [0.15, 0.2) is 36.7 Å². The van der Waals surface area contributed by atoms with Crippen LogP contribution in [0.4, 0.5) is 10.5 Å². The quantitative estimate of drug-likeness (QED) is 0.349. The van der Waals surface area contributed by atoms with Crippen LogP contribution in [0, 0.1) is 11.3 Å². The Kier molecular flexibility index (Phi) is 6.41. The second kappa shape index (κ2) is 9.82. The Morgan fingerprint density at radius 1 is 1.24 bits per heavy atom. The van der Waals surface area contributed by atoms with E-state index in [0.717, 1.165) is 16.9 Å². The molecule has 2 amide bonds.